The molecule has 0 aliphatic carbocycles. The predicted octanol–water partition coefficient (Wildman–Crippen LogP) is 1.95. The van der Waals surface area contributed by atoms with Crippen LogP contribution in [0.2, 0.25) is 0 Å². The zero-order valence-electron chi connectivity index (χ0n) is 10.6. The van der Waals surface area contributed by atoms with E-state index in [1.165, 1.54) is 0 Å². The van der Waals surface area contributed by atoms with Crippen LogP contribution in [-0.2, 0) is 0 Å². The van der Waals surface area contributed by atoms with Crippen molar-refractivity contribution < 1.29 is 9.47 Å². The first-order valence-corrected chi connectivity index (χ1v) is 6.25. The number of piperidine rings is 1. The number of nitrogens with zero attached hydrogens (tertiary/aromatic N) is 1. The first-order chi connectivity index (χ1) is 8.83. The van der Waals surface area contributed by atoms with Crippen LogP contribution >= 0.6 is 0 Å². The molecule has 1 saturated heterocycles. The van der Waals surface area contributed by atoms with Gasteiger partial charge < -0.3 is 14.8 Å². The number of rotatable bonds is 4. The summed E-state index contributed by atoms with van der Waals surface area (Å²) in [6.07, 6.45) is 2.26. The lowest BCUT2D eigenvalue weighted by atomic mass is 9.99. The quantitative estimate of drug-likeness (QED) is 0.882. The molecule has 0 bridgehead atoms. The molecule has 0 spiro atoms. The van der Waals surface area contributed by atoms with Crippen LogP contribution in [0.5, 0.6) is 11.5 Å². The zero-order chi connectivity index (χ0) is 12.8. The van der Waals surface area contributed by atoms with Gasteiger partial charge in [-0.05, 0) is 44.0 Å². The van der Waals surface area contributed by atoms with Crippen LogP contribution in [0.25, 0.3) is 0 Å². The van der Waals surface area contributed by atoms with Gasteiger partial charge in [-0.15, -0.1) is 0 Å². The number of nitriles is 1. The van der Waals surface area contributed by atoms with E-state index < -0.39 is 0 Å². The predicted molar refractivity (Wildman–Crippen MR) is 68.8 cm³/mol. The van der Waals surface area contributed by atoms with Crippen molar-refractivity contribution in [2.75, 3.05) is 26.8 Å². The van der Waals surface area contributed by atoms with Crippen molar-refractivity contribution in [2.45, 2.75) is 12.8 Å². The highest BCUT2D eigenvalue weighted by molar-refractivity contribution is 5.47. The van der Waals surface area contributed by atoms with Crippen LogP contribution in [0, 0.1) is 17.2 Å². The molecule has 18 heavy (non-hydrogen) atoms. The van der Waals surface area contributed by atoms with E-state index >= 15 is 0 Å². The SMILES string of the molecule is COc1ccc(C#N)c(OCC2CCNCC2)c1. The molecule has 0 amide bonds. The van der Waals surface area contributed by atoms with E-state index in [0.717, 1.165) is 25.9 Å². The molecule has 2 rings (SSSR count). The molecule has 0 radical (unpaired) electrons. The second-order valence-corrected chi connectivity index (χ2v) is 4.48. The fraction of sp³-hybridized carbons (Fsp3) is 0.500. The number of hydrogen-bond donors (Lipinski definition) is 1. The summed E-state index contributed by atoms with van der Waals surface area (Å²) in [7, 11) is 1.61. The van der Waals surface area contributed by atoms with Crippen LogP contribution in [0.4, 0.5) is 0 Å². The lowest BCUT2D eigenvalue weighted by molar-refractivity contribution is 0.214. The minimum absolute atomic E-state index is 0.560. The van der Waals surface area contributed by atoms with E-state index in [-0.39, 0.29) is 0 Å². The summed E-state index contributed by atoms with van der Waals surface area (Å²) in [4.78, 5) is 0. The summed E-state index contributed by atoms with van der Waals surface area (Å²) < 4.78 is 10.9. The van der Waals surface area contributed by atoms with Crippen molar-refractivity contribution in [3.05, 3.63) is 23.8 Å². The Hall–Kier alpha value is -1.73. The van der Waals surface area contributed by atoms with Gasteiger partial charge in [0, 0.05) is 6.07 Å². The zero-order valence-corrected chi connectivity index (χ0v) is 10.6. The van der Waals surface area contributed by atoms with Gasteiger partial charge in [-0.25, -0.2) is 0 Å². The monoisotopic (exact) mass is 246 g/mol. The first-order valence-electron chi connectivity index (χ1n) is 6.25. The van der Waals surface area contributed by atoms with Gasteiger partial charge in [0.2, 0.25) is 0 Å². The molecule has 0 saturated carbocycles. The second-order valence-electron chi connectivity index (χ2n) is 4.48. The molecule has 4 nitrogen and oxygen atoms in total. The van der Waals surface area contributed by atoms with Crippen molar-refractivity contribution in [2.24, 2.45) is 5.92 Å². The molecule has 0 aromatic heterocycles. The Morgan fingerprint density at radius 3 is 2.83 bits per heavy atom. The van der Waals surface area contributed by atoms with Gasteiger partial charge in [-0.1, -0.05) is 0 Å². The van der Waals surface area contributed by atoms with E-state index in [0.29, 0.717) is 29.6 Å². The van der Waals surface area contributed by atoms with Crippen LogP contribution in [-0.4, -0.2) is 26.8 Å². The molecule has 1 aliphatic heterocycles. The third kappa shape index (κ3) is 3.14. The summed E-state index contributed by atoms with van der Waals surface area (Å²) in [5.74, 6) is 1.91. The highest BCUT2D eigenvalue weighted by atomic mass is 16.5. The highest BCUT2D eigenvalue weighted by Gasteiger charge is 2.14. The van der Waals surface area contributed by atoms with Crippen LogP contribution in [0.1, 0.15) is 18.4 Å². The summed E-state index contributed by atoms with van der Waals surface area (Å²) in [6.45, 7) is 2.78. The number of hydrogen-bond acceptors (Lipinski definition) is 4. The number of benzene rings is 1. The van der Waals surface area contributed by atoms with Crippen molar-refractivity contribution >= 4 is 0 Å². The van der Waals surface area contributed by atoms with Crippen molar-refractivity contribution in [3.8, 4) is 17.6 Å². The second kappa shape index (κ2) is 6.27. The summed E-state index contributed by atoms with van der Waals surface area (Å²) in [5, 5.41) is 12.4. The Kier molecular flexibility index (Phi) is 4.43. The molecule has 1 aliphatic rings. The third-order valence-electron chi connectivity index (χ3n) is 3.24. The lowest BCUT2D eigenvalue weighted by Crippen LogP contribution is -2.30. The Balaban J connectivity index is 2.00. The molecule has 1 N–H and O–H groups in total. The normalized spacial score (nSPS) is 16.0. The molecular formula is C14H18N2O2. The fourth-order valence-electron chi connectivity index (χ4n) is 2.10. The largest absolute Gasteiger partial charge is 0.497 e. The van der Waals surface area contributed by atoms with Gasteiger partial charge in [0.1, 0.15) is 17.6 Å². The van der Waals surface area contributed by atoms with Crippen molar-refractivity contribution in [1.82, 2.24) is 5.32 Å². The summed E-state index contributed by atoms with van der Waals surface area (Å²) in [5.41, 5.74) is 0.560. The number of ether oxygens (including phenoxy) is 2. The molecule has 1 aromatic rings. The number of nitrogens with one attached hydrogen (secondary N) is 1. The smallest absolute Gasteiger partial charge is 0.140 e. The van der Waals surface area contributed by atoms with Gasteiger partial charge in [-0.3, -0.25) is 0 Å². The maximum Gasteiger partial charge on any atom is 0.140 e. The van der Waals surface area contributed by atoms with Crippen LogP contribution in [0.15, 0.2) is 18.2 Å². The minimum Gasteiger partial charge on any atom is -0.497 e. The van der Waals surface area contributed by atoms with E-state index in [2.05, 4.69) is 11.4 Å². The third-order valence-corrected chi connectivity index (χ3v) is 3.24. The minimum atomic E-state index is 0.560. The van der Waals surface area contributed by atoms with Gasteiger partial charge in [0.25, 0.3) is 0 Å². The summed E-state index contributed by atoms with van der Waals surface area (Å²) >= 11 is 0. The average Bonchev–Trinajstić information content (AvgIpc) is 2.45. The van der Waals surface area contributed by atoms with E-state index in [4.69, 9.17) is 14.7 Å². The van der Waals surface area contributed by atoms with Gasteiger partial charge in [0.15, 0.2) is 0 Å². The molecular weight excluding hydrogens is 228 g/mol. The molecule has 96 valence electrons. The molecule has 1 fully saturated rings. The van der Waals surface area contributed by atoms with E-state index in [1.807, 2.05) is 0 Å². The van der Waals surface area contributed by atoms with Gasteiger partial charge in [-0.2, -0.15) is 5.26 Å². The maximum atomic E-state index is 9.04. The van der Waals surface area contributed by atoms with Crippen molar-refractivity contribution in [1.29, 1.82) is 5.26 Å². The molecule has 1 aromatic carbocycles. The van der Waals surface area contributed by atoms with Gasteiger partial charge in [0.05, 0.1) is 19.3 Å². The lowest BCUT2D eigenvalue weighted by Gasteiger charge is -2.22. The van der Waals surface area contributed by atoms with E-state index in [1.54, 1.807) is 25.3 Å². The van der Waals surface area contributed by atoms with Crippen LogP contribution < -0.4 is 14.8 Å². The Morgan fingerprint density at radius 1 is 1.39 bits per heavy atom. The van der Waals surface area contributed by atoms with E-state index in [9.17, 15) is 0 Å². The maximum absolute atomic E-state index is 9.04. The molecule has 1 heterocycles. The topological polar surface area (TPSA) is 54.3 Å². The fourth-order valence-corrected chi connectivity index (χ4v) is 2.10. The average molecular weight is 246 g/mol. The Morgan fingerprint density at radius 2 is 2.17 bits per heavy atom. The Labute approximate surface area is 108 Å². The first kappa shape index (κ1) is 12.7. The Bertz CT molecular complexity index is 434. The van der Waals surface area contributed by atoms with Crippen LogP contribution in [0.3, 0.4) is 0 Å². The van der Waals surface area contributed by atoms with Gasteiger partial charge >= 0.3 is 0 Å². The molecule has 0 atom stereocenters. The standard InChI is InChI=1S/C14H18N2O2/c1-17-13-3-2-12(9-15)14(8-13)18-10-11-4-6-16-7-5-11/h2-3,8,11,16H,4-7,10H2,1H3. The molecule has 4 heteroatoms. The molecule has 0 unspecified atom stereocenters. The van der Waals surface area contributed by atoms with Crippen molar-refractivity contribution in [3.63, 3.8) is 0 Å². The highest BCUT2D eigenvalue weighted by Crippen LogP contribution is 2.25. The summed E-state index contributed by atoms with van der Waals surface area (Å²) in [6, 6.07) is 7.43. The number of methoxy groups -OCH3 is 1.